The number of furan rings is 1. The van der Waals surface area contributed by atoms with E-state index < -0.39 is 7.12 Å². The Morgan fingerprint density at radius 1 is 0.654 bits per heavy atom. The highest BCUT2D eigenvalue weighted by atomic mass is 16.4. The second kappa shape index (κ2) is 5.73. The smallest absolute Gasteiger partial charge is 0.456 e. The molecule has 0 aliphatic rings. The Balaban J connectivity index is 1.72. The van der Waals surface area contributed by atoms with E-state index in [4.69, 9.17) is 4.42 Å². The molecule has 0 aliphatic carbocycles. The molecule has 1 aromatic heterocycles. The van der Waals surface area contributed by atoms with E-state index in [1.165, 1.54) is 10.8 Å². The van der Waals surface area contributed by atoms with Crippen molar-refractivity contribution in [3.8, 4) is 11.1 Å². The van der Waals surface area contributed by atoms with Gasteiger partial charge < -0.3 is 14.5 Å². The second-order valence-corrected chi connectivity index (χ2v) is 6.47. The van der Waals surface area contributed by atoms with Gasteiger partial charge in [0.1, 0.15) is 11.2 Å². The summed E-state index contributed by atoms with van der Waals surface area (Å²) in [5, 5.41) is 23.3. The first kappa shape index (κ1) is 15.2. The average molecular weight is 338 g/mol. The summed E-state index contributed by atoms with van der Waals surface area (Å²) in [5.74, 6) is 0. The van der Waals surface area contributed by atoms with E-state index in [9.17, 15) is 10.0 Å². The summed E-state index contributed by atoms with van der Waals surface area (Å²) in [4.78, 5) is 0. The molecule has 0 saturated heterocycles. The molecule has 0 bridgehead atoms. The fourth-order valence-corrected chi connectivity index (χ4v) is 3.62. The molecule has 5 rings (SSSR count). The third-order valence-corrected chi connectivity index (χ3v) is 4.89. The Kier molecular flexibility index (Phi) is 3.35. The molecule has 0 unspecified atom stereocenters. The van der Waals surface area contributed by atoms with Crippen molar-refractivity contribution in [3.63, 3.8) is 0 Å². The van der Waals surface area contributed by atoms with Crippen molar-refractivity contribution in [2.45, 2.75) is 0 Å². The Hall–Kier alpha value is -3.08. The summed E-state index contributed by atoms with van der Waals surface area (Å²) in [6.07, 6.45) is 0. The number of rotatable bonds is 2. The van der Waals surface area contributed by atoms with E-state index in [-0.39, 0.29) is 0 Å². The monoisotopic (exact) mass is 338 g/mol. The minimum absolute atomic E-state index is 0.458. The van der Waals surface area contributed by atoms with Crippen LogP contribution in [0.4, 0.5) is 0 Å². The number of fused-ring (bicyclic) bond motifs is 4. The maximum atomic E-state index is 9.65. The van der Waals surface area contributed by atoms with Gasteiger partial charge in [-0.3, -0.25) is 0 Å². The predicted molar refractivity (Wildman–Crippen MR) is 106 cm³/mol. The van der Waals surface area contributed by atoms with Crippen LogP contribution in [0.5, 0.6) is 0 Å². The number of hydrogen-bond donors (Lipinski definition) is 2. The van der Waals surface area contributed by atoms with Gasteiger partial charge in [0, 0.05) is 10.8 Å². The van der Waals surface area contributed by atoms with Crippen LogP contribution in [0, 0.1) is 0 Å². The maximum Gasteiger partial charge on any atom is 0.489 e. The zero-order valence-corrected chi connectivity index (χ0v) is 13.9. The fraction of sp³-hybridized carbons (Fsp3) is 0. The SMILES string of the molecule is OB(O)c1cccc2oc3cc(-c4ccc5ccccc5c4)ccc3c12. The van der Waals surface area contributed by atoms with Crippen LogP contribution >= 0.6 is 0 Å². The standard InChI is InChI=1S/C22H15BO3/c24-23(25)19-6-3-7-20-22(19)18-11-10-17(13-21(18)26-20)16-9-8-14-4-1-2-5-15(14)12-16/h1-13,24-25H. The van der Waals surface area contributed by atoms with Crippen LogP contribution in [0.1, 0.15) is 0 Å². The first-order chi connectivity index (χ1) is 12.7. The number of hydrogen-bond acceptors (Lipinski definition) is 3. The number of benzene rings is 4. The average Bonchev–Trinajstić information content (AvgIpc) is 3.05. The molecule has 26 heavy (non-hydrogen) atoms. The minimum Gasteiger partial charge on any atom is -0.456 e. The molecular formula is C22H15BO3. The highest BCUT2D eigenvalue weighted by Crippen LogP contribution is 2.32. The zero-order valence-electron chi connectivity index (χ0n) is 13.9. The van der Waals surface area contributed by atoms with E-state index in [1.54, 1.807) is 12.1 Å². The Labute approximate surface area is 150 Å². The van der Waals surface area contributed by atoms with Crippen LogP contribution in [-0.2, 0) is 0 Å². The molecule has 0 saturated carbocycles. The van der Waals surface area contributed by atoms with Crippen molar-refractivity contribution in [2.24, 2.45) is 0 Å². The zero-order chi connectivity index (χ0) is 17.7. The Bertz CT molecular complexity index is 1270. The van der Waals surface area contributed by atoms with Crippen LogP contribution in [0.3, 0.4) is 0 Å². The Morgan fingerprint density at radius 2 is 1.42 bits per heavy atom. The van der Waals surface area contributed by atoms with Crippen LogP contribution in [0.25, 0.3) is 43.8 Å². The second-order valence-electron chi connectivity index (χ2n) is 6.47. The van der Waals surface area contributed by atoms with E-state index in [1.807, 2.05) is 36.4 Å². The molecule has 0 aliphatic heterocycles. The van der Waals surface area contributed by atoms with Crippen molar-refractivity contribution < 1.29 is 14.5 Å². The lowest BCUT2D eigenvalue weighted by molar-refractivity contribution is 0.426. The normalized spacial score (nSPS) is 11.5. The van der Waals surface area contributed by atoms with Gasteiger partial charge in [0.25, 0.3) is 0 Å². The molecule has 3 nitrogen and oxygen atoms in total. The summed E-state index contributed by atoms with van der Waals surface area (Å²) in [5.41, 5.74) is 4.03. The Morgan fingerprint density at radius 3 is 2.27 bits per heavy atom. The predicted octanol–water partition coefficient (Wildman–Crippen LogP) is 4.09. The van der Waals surface area contributed by atoms with Crippen molar-refractivity contribution >= 4 is 45.3 Å². The minimum atomic E-state index is -1.53. The molecule has 0 amide bonds. The summed E-state index contributed by atoms with van der Waals surface area (Å²) in [6.45, 7) is 0. The lowest BCUT2D eigenvalue weighted by Gasteiger charge is -2.05. The molecule has 4 aromatic carbocycles. The van der Waals surface area contributed by atoms with E-state index in [2.05, 4.69) is 30.3 Å². The lowest BCUT2D eigenvalue weighted by atomic mass is 9.77. The summed E-state index contributed by atoms with van der Waals surface area (Å²) >= 11 is 0. The van der Waals surface area contributed by atoms with E-state index >= 15 is 0 Å². The summed E-state index contributed by atoms with van der Waals surface area (Å²) in [7, 11) is -1.53. The summed E-state index contributed by atoms with van der Waals surface area (Å²) < 4.78 is 5.97. The highest BCUT2D eigenvalue weighted by molar-refractivity contribution is 6.62. The van der Waals surface area contributed by atoms with Crippen LogP contribution in [0.15, 0.2) is 83.3 Å². The fourth-order valence-electron chi connectivity index (χ4n) is 3.62. The third-order valence-electron chi connectivity index (χ3n) is 4.89. The summed E-state index contributed by atoms with van der Waals surface area (Å²) in [6, 6.07) is 26.0. The van der Waals surface area contributed by atoms with Gasteiger partial charge in [-0.25, -0.2) is 0 Å². The molecule has 5 aromatic rings. The van der Waals surface area contributed by atoms with Gasteiger partial charge in [-0.05, 0) is 51.6 Å². The molecule has 4 heteroatoms. The highest BCUT2D eigenvalue weighted by Gasteiger charge is 2.19. The van der Waals surface area contributed by atoms with Crippen LogP contribution in [0.2, 0.25) is 0 Å². The molecule has 1 heterocycles. The van der Waals surface area contributed by atoms with Gasteiger partial charge in [0.2, 0.25) is 0 Å². The van der Waals surface area contributed by atoms with Gasteiger partial charge in [0.05, 0.1) is 0 Å². The molecular weight excluding hydrogens is 323 g/mol. The third kappa shape index (κ3) is 2.31. The molecule has 0 spiro atoms. The van der Waals surface area contributed by atoms with Crippen molar-refractivity contribution in [3.05, 3.63) is 78.9 Å². The molecule has 0 radical (unpaired) electrons. The van der Waals surface area contributed by atoms with E-state index in [0.29, 0.717) is 11.0 Å². The van der Waals surface area contributed by atoms with Crippen molar-refractivity contribution in [1.82, 2.24) is 0 Å². The van der Waals surface area contributed by atoms with Crippen molar-refractivity contribution in [2.75, 3.05) is 0 Å². The largest absolute Gasteiger partial charge is 0.489 e. The van der Waals surface area contributed by atoms with E-state index in [0.717, 1.165) is 27.5 Å². The van der Waals surface area contributed by atoms with Gasteiger partial charge in [0.15, 0.2) is 0 Å². The van der Waals surface area contributed by atoms with Gasteiger partial charge in [-0.1, -0.05) is 54.6 Å². The topological polar surface area (TPSA) is 53.6 Å². The molecule has 124 valence electrons. The van der Waals surface area contributed by atoms with Gasteiger partial charge >= 0.3 is 7.12 Å². The molecule has 0 fully saturated rings. The lowest BCUT2D eigenvalue weighted by Crippen LogP contribution is -2.30. The quantitative estimate of drug-likeness (QED) is 0.477. The molecule has 0 atom stereocenters. The first-order valence-electron chi connectivity index (χ1n) is 8.51. The van der Waals surface area contributed by atoms with Crippen LogP contribution < -0.4 is 5.46 Å². The maximum absolute atomic E-state index is 9.65. The molecule has 2 N–H and O–H groups in total. The van der Waals surface area contributed by atoms with Crippen molar-refractivity contribution in [1.29, 1.82) is 0 Å². The van der Waals surface area contributed by atoms with Gasteiger partial charge in [-0.15, -0.1) is 0 Å². The van der Waals surface area contributed by atoms with Gasteiger partial charge in [-0.2, -0.15) is 0 Å². The van der Waals surface area contributed by atoms with Crippen LogP contribution in [-0.4, -0.2) is 17.2 Å². The first-order valence-corrected chi connectivity index (χ1v) is 8.51.